The maximum absolute atomic E-state index is 4.58. The van der Waals surface area contributed by atoms with Gasteiger partial charge in [0.1, 0.15) is 10.8 Å². The molecule has 0 aromatic carbocycles. The van der Waals surface area contributed by atoms with Gasteiger partial charge in [-0.1, -0.05) is 0 Å². The molecule has 0 saturated carbocycles. The molecule has 1 fully saturated rings. The van der Waals surface area contributed by atoms with Gasteiger partial charge in [0.05, 0.1) is 6.42 Å². The summed E-state index contributed by atoms with van der Waals surface area (Å²) in [6, 6.07) is 0. The molecule has 0 radical (unpaired) electrons. The van der Waals surface area contributed by atoms with E-state index in [1.165, 1.54) is 0 Å². The average Bonchev–Trinajstić information content (AvgIpc) is 3.02. The van der Waals surface area contributed by atoms with E-state index >= 15 is 0 Å². The van der Waals surface area contributed by atoms with Crippen LogP contribution in [0.5, 0.6) is 0 Å². The van der Waals surface area contributed by atoms with Gasteiger partial charge in [0, 0.05) is 17.5 Å². The number of aromatic amines is 1. The summed E-state index contributed by atoms with van der Waals surface area (Å²) in [4.78, 5) is 8.84. The van der Waals surface area contributed by atoms with Crippen LogP contribution in [0.25, 0.3) is 0 Å². The van der Waals surface area contributed by atoms with Crippen molar-refractivity contribution in [1.29, 1.82) is 0 Å². The van der Waals surface area contributed by atoms with E-state index < -0.39 is 0 Å². The molecule has 90 valence electrons. The van der Waals surface area contributed by atoms with Gasteiger partial charge < -0.3 is 5.32 Å². The molecule has 6 heteroatoms. The fourth-order valence-corrected chi connectivity index (χ4v) is 2.76. The highest BCUT2D eigenvalue weighted by atomic mass is 32.1. The van der Waals surface area contributed by atoms with Crippen molar-refractivity contribution in [1.82, 2.24) is 25.5 Å². The first-order valence-electron chi connectivity index (χ1n) is 5.92. The van der Waals surface area contributed by atoms with Crippen molar-refractivity contribution in [3.05, 3.63) is 28.2 Å². The van der Waals surface area contributed by atoms with Gasteiger partial charge in [-0.25, -0.2) is 9.97 Å². The summed E-state index contributed by atoms with van der Waals surface area (Å²) in [5, 5.41) is 13.8. The number of H-pyrrole nitrogens is 1. The van der Waals surface area contributed by atoms with E-state index in [2.05, 4.69) is 25.5 Å². The fourth-order valence-electron chi connectivity index (χ4n) is 2.14. The highest BCUT2D eigenvalue weighted by Gasteiger charge is 2.19. The maximum Gasteiger partial charge on any atom is 0.153 e. The Morgan fingerprint density at radius 2 is 2.24 bits per heavy atom. The first kappa shape index (κ1) is 10.9. The molecule has 1 aliphatic heterocycles. The molecular formula is C11H15N5S. The van der Waals surface area contributed by atoms with Gasteiger partial charge in [-0.05, 0) is 25.9 Å². The summed E-state index contributed by atoms with van der Waals surface area (Å²) in [6.45, 7) is 2.14. The Morgan fingerprint density at radius 3 is 3.00 bits per heavy atom. The van der Waals surface area contributed by atoms with E-state index in [1.807, 2.05) is 11.6 Å². The molecule has 3 rings (SSSR count). The molecule has 2 aromatic heterocycles. The minimum atomic E-state index is 0.512. The summed E-state index contributed by atoms with van der Waals surface area (Å²) in [5.41, 5.74) is 0. The highest BCUT2D eigenvalue weighted by Crippen LogP contribution is 2.22. The van der Waals surface area contributed by atoms with Crippen LogP contribution >= 0.6 is 11.3 Å². The van der Waals surface area contributed by atoms with Gasteiger partial charge >= 0.3 is 0 Å². The summed E-state index contributed by atoms with van der Waals surface area (Å²) < 4.78 is 0. The lowest BCUT2D eigenvalue weighted by Gasteiger charge is -2.19. The lowest BCUT2D eigenvalue weighted by atomic mass is 9.98. The van der Waals surface area contributed by atoms with Crippen LogP contribution in [0, 0.1) is 0 Å². The number of piperidine rings is 1. The van der Waals surface area contributed by atoms with E-state index in [1.54, 1.807) is 11.3 Å². The number of hydrogen-bond donors (Lipinski definition) is 2. The summed E-state index contributed by atoms with van der Waals surface area (Å²) in [5.74, 6) is 2.41. The fraction of sp³-hybridized carbons (Fsp3) is 0.545. The summed E-state index contributed by atoms with van der Waals surface area (Å²) >= 11 is 1.65. The second kappa shape index (κ2) is 4.93. The van der Waals surface area contributed by atoms with Crippen LogP contribution in [0.15, 0.2) is 11.6 Å². The van der Waals surface area contributed by atoms with Gasteiger partial charge in [-0.15, -0.1) is 11.3 Å². The minimum Gasteiger partial charge on any atom is -0.317 e. The van der Waals surface area contributed by atoms with Crippen LogP contribution < -0.4 is 5.32 Å². The molecular weight excluding hydrogens is 234 g/mol. The Kier molecular flexibility index (Phi) is 3.15. The minimum absolute atomic E-state index is 0.512. The van der Waals surface area contributed by atoms with Crippen molar-refractivity contribution >= 4 is 11.3 Å². The van der Waals surface area contributed by atoms with Crippen LogP contribution in [-0.4, -0.2) is 33.3 Å². The number of hydrogen-bond acceptors (Lipinski definition) is 5. The molecule has 5 nitrogen and oxygen atoms in total. The number of nitrogens with one attached hydrogen (secondary N) is 2. The largest absolute Gasteiger partial charge is 0.317 e. The second-order valence-electron chi connectivity index (χ2n) is 4.27. The third-order valence-corrected chi connectivity index (χ3v) is 3.84. The van der Waals surface area contributed by atoms with E-state index in [9.17, 15) is 0 Å². The van der Waals surface area contributed by atoms with E-state index in [0.29, 0.717) is 5.92 Å². The number of thiazole rings is 1. The molecule has 0 atom stereocenters. The predicted molar refractivity (Wildman–Crippen MR) is 66.1 cm³/mol. The molecule has 2 N–H and O–H groups in total. The Hall–Kier alpha value is -1.27. The van der Waals surface area contributed by atoms with Crippen LogP contribution in [0.4, 0.5) is 0 Å². The van der Waals surface area contributed by atoms with Crippen LogP contribution in [-0.2, 0) is 6.42 Å². The number of aromatic nitrogens is 4. The lowest BCUT2D eigenvalue weighted by Crippen LogP contribution is -2.27. The zero-order valence-corrected chi connectivity index (χ0v) is 10.3. The molecule has 0 aliphatic carbocycles. The molecule has 0 amide bonds. The average molecular weight is 249 g/mol. The number of rotatable bonds is 3. The van der Waals surface area contributed by atoms with E-state index in [4.69, 9.17) is 0 Å². The van der Waals surface area contributed by atoms with Gasteiger partial charge in [-0.3, -0.25) is 5.10 Å². The Bertz CT molecular complexity index is 458. The Balaban J connectivity index is 1.69. The molecule has 0 spiro atoms. The zero-order valence-electron chi connectivity index (χ0n) is 9.52. The maximum atomic E-state index is 4.58. The van der Waals surface area contributed by atoms with Gasteiger partial charge in [0.25, 0.3) is 0 Å². The van der Waals surface area contributed by atoms with Crippen molar-refractivity contribution in [2.24, 2.45) is 0 Å². The van der Waals surface area contributed by atoms with Gasteiger partial charge in [0.2, 0.25) is 0 Å². The summed E-state index contributed by atoms with van der Waals surface area (Å²) in [7, 11) is 0. The van der Waals surface area contributed by atoms with Crippen molar-refractivity contribution in [3.8, 4) is 0 Å². The molecule has 2 aromatic rings. The van der Waals surface area contributed by atoms with Gasteiger partial charge in [0.15, 0.2) is 5.82 Å². The van der Waals surface area contributed by atoms with Crippen molar-refractivity contribution in [2.45, 2.75) is 25.2 Å². The second-order valence-corrected chi connectivity index (χ2v) is 5.25. The molecule has 17 heavy (non-hydrogen) atoms. The quantitative estimate of drug-likeness (QED) is 0.861. The first-order chi connectivity index (χ1) is 8.42. The summed E-state index contributed by atoms with van der Waals surface area (Å²) in [6.07, 6.45) is 4.85. The van der Waals surface area contributed by atoms with Crippen LogP contribution in [0.1, 0.15) is 35.4 Å². The highest BCUT2D eigenvalue weighted by molar-refractivity contribution is 7.09. The van der Waals surface area contributed by atoms with Crippen molar-refractivity contribution in [2.75, 3.05) is 13.1 Å². The monoisotopic (exact) mass is 249 g/mol. The third-order valence-electron chi connectivity index (χ3n) is 3.06. The first-order valence-corrected chi connectivity index (χ1v) is 6.80. The molecule has 1 aliphatic rings. The smallest absolute Gasteiger partial charge is 0.153 e. The van der Waals surface area contributed by atoms with Gasteiger partial charge in [-0.2, -0.15) is 5.10 Å². The Labute approximate surface area is 104 Å². The zero-order chi connectivity index (χ0) is 11.5. The van der Waals surface area contributed by atoms with Crippen molar-refractivity contribution in [3.63, 3.8) is 0 Å². The predicted octanol–water partition coefficient (Wildman–Crippen LogP) is 1.32. The van der Waals surface area contributed by atoms with Crippen molar-refractivity contribution < 1.29 is 0 Å². The Morgan fingerprint density at radius 1 is 1.35 bits per heavy atom. The SMILES string of the molecule is c1csc(Cc2nc(C3CCNCC3)n[nH]2)n1. The molecule has 1 saturated heterocycles. The van der Waals surface area contributed by atoms with Crippen LogP contribution in [0.2, 0.25) is 0 Å². The van der Waals surface area contributed by atoms with E-state index in [-0.39, 0.29) is 0 Å². The topological polar surface area (TPSA) is 66.5 Å². The standard InChI is InChI=1S/C11H15N5S/c1-3-12-4-2-8(1)11-14-9(15-16-11)7-10-13-5-6-17-10/h5-6,8,12H,1-4,7H2,(H,14,15,16). The van der Waals surface area contributed by atoms with E-state index in [0.717, 1.165) is 49.0 Å². The normalized spacial score (nSPS) is 17.4. The molecule has 0 unspecified atom stereocenters. The third kappa shape index (κ3) is 2.53. The van der Waals surface area contributed by atoms with Crippen LogP contribution in [0.3, 0.4) is 0 Å². The molecule has 0 bridgehead atoms. The lowest BCUT2D eigenvalue weighted by molar-refractivity contribution is 0.446. The molecule has 3 heterocycles. The number of nitrogens with zero attached hydrogens (tertiary/aromatic N) is 3.